The van der Waals surface area contributed by atoms with E-state index in [-0.39, 0.29) is 35.9 Å². The summed E-state index contributed by atoms with van der Waals surface area (Å²) in [5.74, 6) is 1.09. The van der Waals surface area contributed by atoms with E-state index in [4.69, 9.17) is 9.47 Å². The molecule has 2 atom stereocenters. The summed E-state index contributed by atoms with van der Waals surface area (Å²) in [6.45, 7) is 0.210. The zero-order chi connectivity index (χ0) is 23.9. The van der Waals surface area contributed by atoms with Crippen LogP contribution in [0.15, 0.2) is 36.5 Å². The smallest absolute Gasteiger partial charge is 0.248 e. The van der Waals surface area contributed by atoms with Gasteiger partial charge < -0.3 is 19.7 Å². The average molecular weight is 464 g/mol. The molecule has 2 aliphatic carbocycles. The van der Waals surface area contributed by atoms with E-state index in [1.54, 1.807) is 36.5 Å². The van der Waals surface area contributed by atoms with E-state index in [0.717, 1.165) is 24.0 Å². The van der Waals surface area contributed by atoms with Gasteiger partial charge in [-0.05, 0) is 54.2 Å². The predicted octanol–water partition coefficient (Wildman–Crippen LogP) is 2.93. The van der Waals surface area contributed by atoms with E-state index >= 15 is 0 Å². The topological polar surface area (TPSA) is 105 Å². The number of rotatable bonds is 7. The first-order valence-corrected chi connectivity index (χ1v) is 11.3. The number of aromatic nitrogens is 1. The van der Waals surface area contributed by atoms with Crippen LogP contribution in [0.5, 0.6) is 5.75 Å². The summed E-state index contributed by atoms with van der Waals surface area (Å²) in [5, 5.41) is 12.6. The molecule has 1 aromatic heterocycles. The molecule has 2 saturated carbocycles. The Morgan fingerprint density at radius 3 is 2.74 bits per heavy atom. The zero-order valence-corrected chi connectivity index (χ0v) is 18.8. The molecular weight excluding hydrogens is 439 g/mol. The van der Waals surface area contributed by atoms with Crippen LogP contribution in [-0.2, 0) is 14.3 Å². The number of anilines is 1. The molecule has 0 bridgehead atoms. The maximum absolute atomic E-state index is 14.7. The lowest BCUT2D eigenvalue weighted by Gasteiger charge is -2.34. The molecule has 8 nitrogen and oxygen atoms in total. The highest BCUT2D eigenvalue weighted by Gasteiger charge is 2.74. The largest absolute Gasteiger partial charge is 0.486 e. The number of nitrogens with zero attached hydrogens (tertiary/aromatic N) is 3. The minimum Gasteiger partial charge on any atom is -0.486 e. The van der Waals surface area contributed by atoms with Gasteiger partial charge >= 0.3 is 0 Å². The van der Waals surface area contributed by atoms with E-state index in [1.165, 1.54) is 12.0 Å². The lowest BCUT2D eigenvalue weighted by molar-refractivity contribution is -0.139. The normalized spacial score (nSPS) is 26.7. The number of likely N-dealkylation sites (tertiary alicyclic amines) is 1. The van der Waals surface area contributed by atoms with Crippen molar-refractivity contribution in [3.63, 3.8) is 0 Å². The number of hydrogen-bond donors (Lipinski definition) is 1. The summed E-state index contributed by atoms with van der Waals surface area (Å²) < 4.78 is 25.4. The molecule has 0 radical (unpaired) electrons. The molecule has 2 aromatic rings. The van der Waals surface area contributed by atoms with Crippen molar-refractivity contribution < 1.29 is 23.5 Å². The van der Waals surface area contributed by atoms with Gasteiger partial charge in [-0.15, -0.1) is 0 Å². The van der Waals surface area contributed by atoms with Crippen LogP contribution in [0.4, 0.5) is 10.2 Å². The van der Waals surface area contributed by atoms with Gasteiger partial charge in [-0.3, -0.25) is 9.59 Å². The molecule has 1 N–H and O–H groups in total. The van der Waals surface area contributed by atoms with E-state index < -0.39 is 12.3 Å². The van der Waals surface area contributed by atoms with Crippen LogP contribution in [0.25, 0.3) is 11.1 Å². The highest BCUT2D eigenvalue weighted by Crippen LogP contribution is 2.75. The number of piperidine rings is 1. The van der Waals surface area contributed by atoms with Gasteiger partial charge in [0.2, 0.25) is 11.8 Å². The van der Waals surface area contributed by atoms with Crippen molar-refractivity contribution in [1.82, 2.24) is 9.88 Å². The summed E-state index contributed by atoms with van der Waals surface area (Å²) in [4.78, 5) is 30.0. The quantitative estimate of drug-likeness (QED) is 0.676. The number of fused-ring (bicyclic) bond motifs is 1. The second kappa shape index (κ2) is 8.69. The molecule has 3 aliphatic rings. The lowest BCUT2D eigenvalue weighted by Crippen LogP contribution is -2.50. The Kier molecular flexibility index (Phi) is 5.70. The minimum atomic E-state index is -1.37. The molecule has 34 heavy (non-hydrogen) atoms. The van der Waals surface area contributed by atoms with Crippen molar-refractivity contribution in [2.45, 2.75) is 31.5 Å². The number of carbonyl (C=O) groups is 2. The summed E-state index contributed by atoms with van der Waals surface area (Å²) in [5.41, 5.74) is 1.68. The molecule has 5 rings (SSSR count). The Balaban J connectivity index is 1.27. The molecule has 0 unspecified atom stereocenters. The minimum absolute atomic E-state index is 0.0272. The van der Waals surface area contributed by atoms with Gasteiger partial charge in [-0.2, -0.15) is 5.26 Å². The Morgan fingerprint density at radius 2 is 2.06 bits per heavy atom. The van der Waals surface area contributed by atoms with Gasteiger partial charge in [-0.1, -0.05) is 6.07 Å². The molecule has 1 aliphatic heterocycles. The van der Waals surface area contributed by atoms with Gasteiger partial charge in [0.05, 0.1) is 17.5 Å². The number of alkyl halides is 1. The van der Waals surface area contributed by atoms with Gasteiger partial charge in [0.1, 0.15) is 30.3 Å². The van der Waals surface area contributed by atoms with Crippen LogP contribution in [0.3, 0.4) is 0 Å². The summed E-state index contributed by atoms with van der Waals surface area (Å²) in [6, 6.07) is 10.8. The zero-order valence-electron chi connectivity index (χ0n) is 18.8. The van der Waals surface area contributed by atoms with Gasteiger partial charge in [-0.25, -0.2) is 9.37 Å². The van der Waals surface area contributed by atoms with Crippen LogP contribution < -0.4 is 10.1 Å². The van der Waals surface area contributed by atoms with E-state index in [9.17, 15) is 19.2 Å². The Hall–Kier alpha value is -3.51. The van der Waals surface area contributed by atoms with Crippen LogP contribution in [0.2, 0.25) is 0 Å². The number of pyridine rings is 1. The highest BCUT2D eigenvalue weighted by atomic mass is 19.1. The fourth-order valence-electron chi connectivity index (χ4n) is 4.51. The van der Waals surface area contributed by atoms with E-state index in [2.05, 4.69) is 16.4 Å². The summed E-state index contributed by atoms with van der Waals surface area (Å²) >= 11 is 0. The standard InChI is InChI=1S/C25H25FN4O4/c1-33-14-23(31)30-7-5-21(19(26)13-30)34-20-3-2-15(8-17(20)12-27)16-4-6-28-22(9-16)29-24(32)25-10-18(25)11-25/h2-4,6,8-9,18-19,21H,5,7,10-11,13-14H2,1H3,(H,28,29,32)/t18?,19-,21+,25?/m1/s1. The number of nitriles is 1. The lowest BCUT2D eigenvalue weighted by atomic mass is 10.0. The van der Waals surface area contributed by atoms with E-state index in [1.807, 2.05) is 0 Å². The first kappa shape index (κ1) is 22.3. The molecule has 1 aromatic carbocycles. The van der Waals surface area contributed by atoms with Crippen LogP contribution >= 0.6 is 0 Å². The number of hydrogen-bond acceptors (Lipinski definition) is 6. The number of methoxy groups -OCH3 is 1. The Labute approximate surface area is 196 Å². The maximum Gasteiger partial charge on any atom is 0.248 e. The molecule has 0 spiro atoms. The molecule has 2 heterocycles. The van der Waals surface area contributed by atoms with Crippen molar-refractivity contribution in [2.75, 3.05) is 32.1 Å². The number of ether oxygens (including phenoxy) is 2. The third-order valence-electron chi connectivity index (χ3n) is 6.95. The number of nitrogens with one attached hydrogen (secondary N) is 1. The molecule has 9 heteroatoms. The van der Waals surface area contributed by atoms with Crippen molar-refractivity contribution in [3.8, 4) is 22.9 Å². The number of amides is 2. The molecule has 2 amide bonds. The summed E-state index contributed by atoms with van der Waals surface area (Å²) in [7, 11) is 1.42. The Morgan fingerprint density at radius 1 is 1.29 bits per heavy atom. The fraction of sp³-hybridized carbons (Fsp3) is 0.440. The fourth-order valence-corrected chi connectivity index (χ4v) is 4.51. The SMILES string of the molecule is COCC(=O)N1CC[C@H](Oc2ccc(-c3ccnc(NC(=O)C45CC4C5)c3)cc2C#N)[C@H](F)C1. The van der Waals surface area contributed by atoms with E-state index in [0.29, 0.717) is 30.5 Å². The monoisotopic (exact) mass is 464 g/mol. The third kappa shape index (κ3) is 4.21. The number of benzene rings is 1. The molecule has 1 saturated heterocycles. The number of halogens is 1. The molecular formula is C25H25FN4O4. The summed E-state index contributed by atoms with van der Waals surface area (Å²) in [6.07, 6.45) is 1.74. The predicted molar refractivity (Wildman–Crippen MR) is 121 cm³/mol. The maximum atomic E-state index is 14.7. The van der Waals surface area contributed by atoms with Crippen LogP contribution in [0.1, 0.15) is 24.8 Å². The first-order valence-electron chi connectivity index (χ1n) is 11.3. The highest BCUT2D eigenvalue weighted by molar-refractivity contribution is 6.00. The van der Waals surface area contributed by atoms with Crippen LogP contribution in [0, 0.1) is 22.7 Å². The average Bonchev–Trinajstić information content (AvgIpc) is 3.72. The van der Waals surface area contributed by atoms with Crippen molar-refractivity contribution >= 4 is 17.6 Å². The van der Waals surface area contributed by atoms with Crippen molar-refractivity contribution in [2.24, 2.45) is 11.3 Å². The third-order valence-corrected chi connectivity index (χ3v) is 6.95. The number of carbonyl (C=O) groups excluding carboxylic acids is 2. The van der Waals surface area contributed by atoms with Gasteiger partial charge in [0, 0.05) is 26.3 Å². The second-order valence-electron chi connectivity index (χ2n) is 9.20. The van der Waals surface area contributed by atoms with Crippen molar-refractivity contribution in [1.29, 1.82) is 5.26 Å². The Bertz CT molecular complexity index is 1170. The second-order valence-corrected chi connectivity index (χ2v) is 9.20. The van der Waals surface area contributed by atoms with Gasteiger partial charge in [0.15, 0.2) is 6.17 Å². The first-order chi connectivity index (χ1) is 16.4. The molecule has 176 valence electrons. The van der Waals surface area contributed by atoms with Crippen molar-refractivity contribution in [3.05, 3.63) is 42.1 Å². The molecule has 3 fully saturated rings. The van der Waals surface area contributed by atoms with Gasteiger partial charge in [0.25, 0.3) is 0 Å². The van der Waals surface area contributed by atoms with Crippen LogP contribution in [-0.4, -0.2) is 60.8 Å².